The summed E-state index contributed by atoms with van der Waals surface area (Å²) < 4.78 is 0. The van der Waals surface area contributed by atoms with Gasteiger partial charge in [-0.2, -0.15) is 0 Å². The molecule has 1 aromatic heterocycles. The van der Waals surface area contributed by atoms with Crippen molar-refractivity contribution in [3.05, 3.63) is 23.9 Å². The normalized spacial score (nSPS) is 19.0. The molecule has 0 bridgehead atoms. The fourth-order valence-electron chi connectivity index (χ4n) is 2.19. The minimum Gasteiger partial charge on any atom is -0.370 e. The molecule has 0 aliphatic carbocycles. The second kappa shape index (κ2) is 5.85. The Morgan fingerprint density at radius 2 is 2.39 bits per heavy atom. The van der Waals surface area contributed by atoms with E-state index in [-0.39, 0.29) is 5.91 Å². The van der Waals surface area contributed by atoms with Crippen LogP contribution in [0.25, 0.3) is 0 Å². The molecule has 1 saturated heterocycles. The van der Waals surface area contributed by atoms with Crippen LogP contribution in [0.3, 0.4) is 0 Å². The van der Waals surface area contributed by atoms with Crippen molar-refractivity contribution >= 4 is 11.7 Å². The summed E-state index contributed by atoms with van der Waals surface area (Å²) in [6.07, 6.45) is 2.14. The van der Waals surface area contributed by atoms with Gasteiger partial charge in [-0.3, -0.25) is 4.79 Å². The van der Waals surface area contributed by atoms with Crippen molar-refractivity contribution in [2.45, 2.75) is 26.7 Å². The monoisotopic (exact) mass is 247 g/mol. The van der Waals surface area contributed by atoms with Gasteiger partial charge < -0.3 is 10.2 Å². The van der Waals surface area contributed by atoms with Crippen LogP contribution in [0, 0.1) is 5.92 Å². The van der Waals surface area contributed by atoms with E-state index in [9.17, 15) is 4.79 Å². The number of rotatable bonds is 4. The number of amides is 1. The maximum atomic E-state index is 12.3. The summed E-state index contributed by atoms with van der Waals surface area (Å²) in [4.78, 5) is 18.5. The fourth-order valence-corrected chi connectivity index (χ4v) is 2.19. The van der Waals surface area contributed by atoms with Crippen LogP contribution < -0.4 is 5.32 Å². The van der Waals surface area contributed by atoms with Crippen molar-refractivity contribution in [2.75, 3.05) is 25.0 Å². The Labute approximate surface area is 108 Å². The van der Waals surface area contributed by atoms with Crippen LogP contribution in [0.15, 0.2) is 18.2 Å². The lowest BCUT2D eigenvalue weighted by Crippen LogP contribution is -2.29. The van der Waals surface area contributed by atoms with Gasteiger partial charge in [0.05, 0.1) is 0 Å². The Balaban J connectivity index is 2.05. The van der Waals surface area contributed by atoms with Crippen LogP contribution in [0.4, 0.5) is 5.82 Å². The molecule has 0 saturated carbocycles. The number of hydrogen-bond donors (Lipinski definition) is 1. The molecule has 1 N–H and O–H groups in total. The first kappa shape index (κ1) is 12.9. The van der Waals surface area contributed by atoms with Gasteiger partial charge in [-0.05, 0) is 30.9 Å². The smallest absolute Gasteiger partial charge is 0.272 e. The van der Waals surface area contributed by atoms with Gasteiger partial charge in [-0.25, -0.2) is 4.98 Å². The average Bonchev–Trinajstić information content (AvgIpc) is 2.82. The Bertz CT molecular complexity index is 419. The molecule has 1 aromatic rings. The average molecular weight is 247 g/mol. The number of nitrogens with zero attached hydrogens (tertiary/aromatic N) is 2. The molecule has 1 aliphatic rings. The van der Waals surface area contributed by atoms with Gasteiger partial charge in [-0.1, -0.05) is 19.9 Å². The first-order valence-corrected chi connectivity index (χ1v) is 6.71. The Morgan fingerprint density at radius 1 is 1.56 bits per heavy atom. The molecular weight excluding hydrogens is 226 g/mol. The van der Waals surface area contributed by atoms with Gasteiger partial charge in [0.1, 0.15) is 11.5 Å². The van der Waals surface area contributed by atoms with Crippen LogP contribution >= 0.6 is 0 Å². The Morgan fingerprint density at radius 3 is 3.06 bits per heavy atom. The highest BCUT2D eigenvalue weighted by Crippen LogP contribution is 2.17. The number of hydrogen-bond acceptors (Lipinski definition) is 3. The summed E-state index contributed by atoms with van der Waals surface area (Å²) in [5, 5.41) is 3.21. The minimum absolute atomic E-state index is 0.0551. The molecule has 1 atom stereocenters. The number of aromatic nitrogens is 1. The third kappa shape index (κ3) is 3.00. The molecule has 0 spiro atoms. The second-order valence-corrected chi connectivity index (χ2v) is 4.98. The molecule has 0 aromatic carbocycles. The van der Waals surface area contributed by atoms with Crippen LogP contribution in [0.1, 0.15) is 37.2 Å². The predicted octanol–water partition coefficient (Wildman–Crippen LogP) is 2.39. The highest BCUT2D eigenvalue weighted by molar-refractivity contribution is 5.92. The van der Waals surface area contributed by atoms with Gasteiger partial charge in [0.25, 0.3) is 5.91 Å². The van der Waals surface area contributed by atoms with Crippen molar-refractivity contribution in [1.82, 2.24) is 9.88 Å². The van der Waals surface area contributed by atoms with E-state index in [0.29, 0.717) is 11.6 Å². The molecule has 1 fully saturated rings. The third-order valence-corrected chi connectivity index (χ3v) is 3.24. The minimum atomic E-state index is 0.0551. The Kier molecular flexibility index (Phi) is 4.18. The van der Waals surface area contributed by atoms with Crippen molar-refractivity contribution in [3.63, 3.8) is 0 Å². The third-order valence-electron chi connectivity index (χ3n) is 3.24. The molecule has 4 heteroatoms. The standard InChI is InChI=1S/C14H21N3O/c1-3-8-15-13-6-4-5-12(16-13)14(18)17-9-7-11(2)10-17/h4-6,11H,3,7-10H2,1-2H3,(H,15,16). The number of nitrogens with one attached hydrogen (secondary N) is 1. The number of likely N-dealkylation sites (tertiary alicyclic amines) is 1. The zero-order valence-electron chi connectivity index (χ0n) is 11.1. The van der Waals surface area contributed by atoms with E-state index in [2.05, 4.69) is 24.1 Å². The topological polar surface area (TPSA) is 45.2 Å². The first-order chi connectivity index (χ1) is 8.70. The van der Waals surface area contributed by atoms with E-state index in [1.54, 1.807) is 6.07 Å². The van der Waals surface area contributed by atoms with Crippen LogP contribution in [-0.4, -0.2) is 35.4 Å². The summed E-state index contributed by atoms with van der Waals surface area (Å²) >= 11 is 0. The van der Waals surface area contributed by atoms with Crippen LogP contribution in [0.2, 0.25) is 0 Å². The maximum Gasteiger partial charge on any atom is 0.272 e. The van der Waals surface area contributed by atoms with Crippen LogP contribution in [-0.2, 0) is 0 Å². The molecule has 2 rings (SSSR count). The highest BCUT2D eigenvalue weighted by Gasteiger charge is 2.24. The molecule has 4 nitrogen and oxygen atoms in total. The molecule has 1 amide bonds. The maximum absolute atomic E-state index is 12.3. The lowest BCUT2D eigenvalue weighted by molar-refractivity contribution is 0.0782. The van der Waals surface area contributed by atoms with Crippen molar-refractivity contribution in [2.24, 2.45) is 5.92 Å². The second-order valence-electron chi connectivity index (χ2n) is 4.98. The Hall–Kier alpha value is -1.58. The molecule has 0 radical (unpaired) electrons. The summed E-state index contributed by atoms with van der Waals surface area (Å²) in [6.45, 7) is 6.88. The van der Waals surface area contributed by atoms with E-state index in [4.69, 9.17) is 0 Å². The van der Waals surface area contributed by atoms with Gasteiger partial charge in [-0.15, -0.1) is 0 Å². The van der Waals surface area contributed by atoms with Crippen molar-refractivity contribution in [1.29, 1.82) is 0 Å². The quantitative estimate of drug-likeness (QED) is 0.888. The fraction of sp³-hybridized carbons (Fsp3) is 0.571. The number of pyridine rings is 1. The molecular formula is C14H21N3O. The van der Waals surface area contributed by atoms with E-state index >= 15 is 0 Å². The van der Waals surface area contributed by atoms with E-state index < -0.39 is 0 Å². The van der Waals surface area contributed by atoms with E-state index in [1.807, 2.05) is 17.0 Å². The lowest BCUT2D eigenvalue weighted by atomic mass is 10.2. The SMILES string of the molecule is CCCNc1cccc(C(=O)N2CCC(C)C2)n1. The zero-order valence-corrected chi connectivity index (χ0v) is 11.1. The van der Waals surface area contributed by atoms with Gasteiger partial charge in [0.15, 0.2) is 0 Å². The largest absolute Gasteiger partial charge is 0.370 e. The zero-order chi connectivity index (χ0) is 13.0. The molecule has 1 unspecified atom stereocenters. The number of carbonyl (C=O) groups is 1. The molecule has 98 valence electrons. The molecule has 1 aliphatic heterocycles. The van der Waals surface area contributed by atoms with Gasteiger partial charge in [0, 0.05) is 19.6 Å². The van der Waals surface area contributed by atoms with E-state index in [0.717, 1.165) is 38.3 Å². The van der Waals surface area contributed by atoms with Crippen molar-refractivity contribution in [3.8, 4) is 0 Å². The summed E-state index contributed by atoms with van der Waals surface area (Å²) in [7, 11) is 0. The highest BCUT2D eigenvalue weighted by atomic mass is 16.2. The van der Waals surface area contributed by atoms with Gasteiger partial charge in [0.2, 0.25) is 0 Å². The summed E-state index contributed by atoms with van der Waals surface area (Å²) in [5.74, 6) is 1.45. The van der Waals surface area contributed by atoms with E-state index in [1.165, 1.54) is 0 Å². The van der Waals surface area contributed by atoms with Crippen molar-refractivity contribution < 1.29 is 4.79 Å². The first-order valence-electron chi connectivity index (χ1n) is 6.71. The van der Waals surface area contributed by atoms with Crippen LogP contribution in [0.5, 0.6) is 0 Å². The molecule has 2 heterocycles. The summed E-state index contributed by atoms with van der Waals surface area (Å²) in [6, 6.07) is 5.58. The lowest BCUT2D eigenvalue weighted by Gasteiger charge is -2.15. The number of anilines is 1. The molecule has 18 heavy (non-hydrogen) atoms. The summed E-state index contributed by atoms with van der Waals surface area (Å²) in [5.41, 5.74) is 0.546. The van der Waals surface area contributed by atoms with Gasteiger partial charge >= 0.3 is 0 Å². The number of carbonyl (C=O) groups excluding carboxylic acids is 1. The predicted molar refractivity (Wildman–Crippen MR) is 72.7 cm³/mol.